The first-order chi connectivity index (χ1) is 18.8. The molecule has 0 atom stereocenters. The first-order valence-electron chi connectivity index (χ1n) is 13.4. The topological polar surface area (TPSA) is 104 Å². The Labute approximate surface area is 228 Å². The van der Waals surface area contributed by atoms with Gasteiger partial charge in [-0.25, -0.2) is 27.6 Å². The lowest BCUT2D eigenvalue weighted by atomic mass is 9.90. The summed E-state index contributed by atoms with van der Waals surface area (Å²) >= 11 is 0. The van der Waals surface area contributed by atoms with Crippen molar-refractivity contribution in [3.8, 4) is 0 Å². The molecule has 2 fully saturated rings. The quantitative estimate of drug-likeness (QED) is 0.441. The fraction of sp³-hybridized carbons (Fsp3) is 0.414. The predicted molar refractivity (Wildman–Crippen MR) is 146 cm³/mol. The maximum absolute atomic E-state index is 14.2. The number of sulfonamides is 1. The molecular weight excluding hydrogens is 519 g/mol. The summed E-state index contributed by atoms with van der Waals surface area (Å²) in [6.07, 6.45) is 5.98. The number of nitrogens with zero attached hydrogens (tertiary/aromatic N) is 4. The van der Waals surface area contributed by atoms with Crippen LogP contribution in [0.1, 0.15) is 47.3 Å². The summed E-state index contributed by atoms with van der Waals surface area (Å²) in [7, 11) is -3.92. The molecule has 2 aliphatic rings. The van der Waals surface area contributed by atoms with Crippen LogP contribution in [0, 0.1) is 17.7 Å². The summed E-state index contributed by atoms with van der Waals surface area (Å²) in [5, 5.41) is 9.76. The Balaban J connectivity index is 1.22. The molecule has 0 radical (unpaired) electrons. The molecule has 0 saturated carbocycles. The molecular formula is C29H33FN4O4S. The molecule has 5 rings (SSSR count). The summed E-state index contributed by atoms with van der Waals surface area (Å²) in [6, 6.07) is 15.9. The Bertz CT molecular complexity index is 1400. The van der Waals surface area contributed by atoms with Crippen molar-refractivity contribution >= 4 is 21.9 Å². The first-order valence-corrected chi connectivity index (χ1v) is 14.9. The number of carboxylic acids is 1. The van der Waals surface area contributed by atoms with E-state index >= 15 is 0 Å². The van der Waals surface area contributed by atoms with Gasteiger partial charge in [-0.1, -0.05) is 42.5 Å². The molecule has 39 heavy (non-hydrogen) atoms. The summed E-state index contributed by atoms with van der Waals surface area (Å²) in [5.74, 6) is -0.629. The van der Waals surface area contributed by atoms with Crippen LogP contribution in [0.4, 0.5) is 10.3 Å². The SMILES string of the molecule is O=C(O)c1cnc(N2CCC(Cc3ccccc3)CC2)nc1CC1CCN(S(=O)(=O)c2ccccc2F)CC1. The number of carbonyl (C=O) groups is 1. The Morgan fingerprint density at radius 2 is 1.51 bits per heavy atom. The van der Waals surface area contributed by atoms with Crippen LogP contribution >= 0.6 is 0 Å². The number of piperidine rings is 2. The molecule has 0 bridgehead atoms. The van der Waals surface area contributed by atoms with Crippen molar-refractivity contribution in [3.63, 3.8) is 0 Å². The van der Waals surface area contributed by atoms with Crippen molar-refractivity contribution in [1.82, 2.24) is 14.3 Å². The minimum absolute atomic E-state index is 0.0644. The van der Waals surface area contributed by atoms with Gasteiger partial charge in [-0.3, -0.25) is 0 Å². The van der Waals surface area contributed by atoms with Gasteiger partial charge in [0.05, 0.1) is 11.3 Å². The maximum Gasteiger partial charge on any atom is 0.339 e. The molecule has 10 heteroatoms. The lowest BCUT2D eigenvalue weighted by molar-refractivity contribution is 0.0694. The van der Waals surface area contributed by atoms with E-state index in [9.17, 15) is 22.7 Å². The van der Waals surface area contributed by atoms with Crippen molar-refractivity contribution in [1.29, 1.82) is 0 Å². The average molecular weight is 553 g/mol. The van der Waals surface area contributed by atoms with E-state index in [-0.39, 0.29) is 29.5 Å². The smallest absolute Gasteiger partial charge is 0.339 e. The average Bonchev–Trinajstić information content (AvgIpc) is 2.94. The van der Waals surface area contributed by atoms with Crippen molar-refractivity contribution in [3.05, 3.63) is 83.4 Å². The molecule has 206 valence electrons. The van der Waals surface area contributed by atoms with Crippen molar-refractivity contribution < 1.29 is 22.7 Å². The van der Waals surface area contributed by atoms with Gasteiger partial charge in [-0.15, -0.1) is 0 Å². The summed E-state index contributed by atoms with van der Waals surface area (Å²) in [6.45, 7) is 2.12. The third kappa shape index (κ3) is 6.28. The molecule has 3 aromatic rings. The van der Waals surface area contributed by atoms with Gasteiger partial charge in [0.1, 0.15) is 10.7 Å². The summed E-state index contributed by atoms with van der Waals surface area (Å²) in [4.78, 5) is 22.8. The second-order valence-electron chi connectivity index (χ2n) is 10.4. The number of benzene rings is 2. The number of rotatable bonds is 8. The van der Waals surface area contributed by atoms with Gasteiger partial charge in [-0.05, 0) is 68.1 Å². The predicted octanol–water partition coefficient (Wildman–Crippen LogP) is 4.42. The van der Waals surface area contributed by atoms with Crippen LogP contribution in [-0.2, 0) is 22.9 Å². The van der Waals surface area contributed by atoms with E-state index in [4.69, 9.17) is 4.98 Å². The molecule has 0 unspecified atom stereocenters. The number of aromatic nitrogens is 2. The van der Waals surface area contributed by atoms with E-state index in [1.807, 2.05) is 6.07 Å². The van der Waals surface area contributed by atoms with E-state index in [1.54, 1.807) is 0 Å². The van der Waals surface area contributed by atoms with E-state index < -0.39 is 21.8 Å². The van der Waals surface area contributed by atoms with Crippen LogP contribution in [0.15, 0.2) is 65.7 Å². The lowest BCUT2D eigenvalue weighted by Crippen LogP contribution is -2.39. The fourth-order valence-corrected chi connectivity index (χ4v) is 7.13. The molecule has 1 N–H and O–H groups in total. The Kier molecular flexibility index (Phi) is 8.23. The van der Waals surface area contributed by atoms with Crippen LogP contribution in [0.2, 0.25) is 0 Å². The molecule has 1 aromatic heterocycles. The highest BCUT2D eigenvalue weighted by molar-refractivity contribution is 7.89. The van der Waals surface area contributed by atoms with Crippen LogP contribution < -0.4 is 4.90 Å². The zero-order valence-corrected chi connectivity index (χ0v) is 22.6. The van der Waals surface area contributed by atoms with Gasteiger partial charge in [0, 0.05) is 32.4 Å². The van der Waals surface area contributed by atoms with Crippen LogP contribution in [0.3, 0.4) is 0 Å². The molecule has 0 aliphatic carbocycles. The maximum atomic E-state index is 14.2. The second-order valence-corrected chi connectivity index (χ2v) is 12.3. The van der Waals surface area contributed by atoms with Gasteiger partial charge in [-0.2, -0.15) is 4.31 Å². The number of aromatic carboxylic acids is 1. The fourth-order valence-electron chi connectivity index (χ4n) is 5.60. The molecule has 0 amide bonds. The zero-order valence-electron chi connectivity index (χ0n) is 21.7. The lowest BCUT2D eigenvalue weighted by Gasteiger charge is -2.33. The third-order valence-electron chi connectivity index (χ3n) is 7.86. The van der Waals surface area contributed by atoms with Gasteiger partial charge in [0.15, 0.2) is 0 Å². The zero-order chi connectivity index (χ0) is 27.4. The third-order valence-corrected chi connectivity index (χ3v) is 9.79. The number of carboxylic acid groups (broad SMARTS) is 1. The number of anilines is 1. The van der Waals surface area contributed by atoms with E-state index in [0.29, 0.717) is 36.8 Å². The summed E-state index contributed by atoms with van der Waals surface area (Å²) < 4.78 is 41.4. The Morgan fingerprint density at radius 1 is 0.897 bits per heavy atom. The van der Waals surface area contributed by atoms with E-state index in [0.717, 1.165) is 38.4 Å². The van der Waals surface area contributed by atoms with Gasteiger partial charge in [0.25, 0.3) is 0 Å². The van der Waals surface area contributed by atoms with Crippen molar-refractivity contribution in [2.75, 3.05) is 31.1 Å². The minimum atomic E-state index is -3.92. The van der Waals surface area contributed by atoms with E-state index in [2.05, 4.69) is 34.1 Å². The number of halogens is 1. The Morgan fingerprint density at radius 3 is 2.18 bits per heavy atom. The van der Waals surface area contributed by atoms with Gasteiger partial charge < -0.3 is 10.0 Å². The van der Waals surface area contributed by atoms with Crippen LogP contribution in [0.25, 0.3) is 0 Å². The standard InChI is InChI=1S/C29H33FN4O4S/c30-25-8-4-5-9-27(25)39(37,38)34-16-12-23(13-17-34)19-26-24(28(35)36)20-31-29(32-26)33-14-10-22(11-15-33)18-21-6-2-1-3-7-21/h1-9,20,22-23H,10-19H2,(H,35,36). The highest BCUT2D eigenvalue weighted by atomic mass is 32.2. The summed E-state index contributed by atoms with van der Waals surface area (Å²) in [5.41, 5.74) is 1.90. The molecule has 0 spiro atoms. The highest BCUT2D eigenvalue weighted by Crippen LogP contribution is 2.29. The monoisotopic (exact) mass is 552 g/mol. The molecule has 3 heterocycles. The molecule has 2 aliphatic heterocycles. The van der Waals surface area contributed by atoms with Gasteiger partial charge >= 0.3 is 5.97 Å². The minimum Gasteiger partial charge on any atom is -0.478 e. The largest absolute Gasteiger partial charge is 0.478 e. The molecule has 8 nitrogen and oxygen atoms in total. The van der Waals surface area contributed by atoms with Crippen LogP contribution in [0.5, 0.6) is 0 Å². The second kappa shape index (κ2) is 11.8. The number of hydrogen-bond donors (Lipinski definition) is 1. The molecule has 2 aromatic carbocycles. The van der Waals surface area contributed by atoms with Crippen LogP contribution in [-0.4, -0.2) is 59.9 Å². The number of hydrogen-bond acceptors (Lipinski definition) is 6. The Hall–Kier alpha value is -3.37. The highest BCUT2D eigenvalue weighted by Gasteiger charge is 2.32. The van der Waals surface area contributed by atoms with Crippen molar-refractivity contribution in [2.24, 2.45) is 11.8 Å². The van der Waals surface area contributed by atoms with E-state index in [1.165, 1.54) is 34.3 Å². The van der Waals surface area contributed by atoms with Crippen molar-refractivity contribution in [2.45, 2.75) is 43.4 Å². The normalized spacial score (nSPS) is 17.8. The first kappa shape index (κ1) is 27.2. The molecule has 2 saturated heterocycles. The van der Waals surface area contributed by atoms with Gasteiger partial charge in [0.2, 0.25) is 16.0 Å².